The summed E-state index contributed by atoms with van der Waals surface area (Å²) >= 11 is 1.67. The third-order valence-corrected chi connectivity index (χ3v) is 4.73. The van der Waals surface area contributed by atoms with Crippen molar-refractivity contribution in [1.82, 2.24) is 5.32 Å². The van der Waals surface area contributed by atoms with Gasteiger partial charge in [-0.1, -0.05) is 24.3 Å². The second-order valence-electron chi connectivity index (χ2n) is 5.81. The van der Waals surface area contributed by atoms with Crippen LogP contribution in [-0.2, 0) is 24.4 Å². The number of quaternary nitrogens is 1. The molecule has 1 aromatic carbocycles. The fraction of sp³-hybridized carbons (Fsp3) is 0.211. The first-order chi connectivity index (χ1) is 12.2. The predicted octanol–water partition coefficient (Wildman–Crippen LogP) is 2.38. The van der Waals surface area contributed by atoms with E-state index < -0.39 is 0 Å². The quantitative estimate of drug-likeness (QED) is 0.649. The number of thiophene rings is 1. The van der Waals surface area contributed by atoms with Crippen molar-refractivity contribution in [3.8, 4) is 0 Å². The Balaban J connectivity index is 1.58. The van der Waals surface area contributed by atoms with Gasteiger partial charge in [0.05, 0.1) is 11.1 Å². The van der Waals surface area contributed by atoms with E-state index in [-0.39, 0.29) is 18.3 Å². The summed E-state index contributed by atoms with van der Waals surface area (Å²) in [6.07, 6.45) is 1.64. The number of rotatable bonds is 8. The van der Waals surface area contributed by atoms with E-state index in [1.807, 2.05) is 23.6 Å². The smallest absolute Gasteiger partial charge is 0.275 e. The molecule has 0 saturated carbocycles. The highest BCUT2D eigenvalue weighted by Crippen LogP contribution is 2.07. The molecule has 0 aliphatic carbocycles. The van der Waals surface area contributed by atoms with Gasteiger partial charge in [-0.15, -0.1) is 11.3 Å². The second kappa shape index (κ2) is 8.60. The summed E-state index contributed by atoms with van der Waals surface area (Å²) in [4.78, 5) is 14.6. The first-order valence-corrected chi connectivity index (χ1v) is 8.97. The molecule has 2 heterocycles. The van der Waals surface area contributed by atoms with Gasteiger partial charge in [-0.05, 0) is 29.6 Å². The monoisotopic (exact) mass is 359 g/mol. The number of halogens is 1. The van der Waals surface area contributed by atoms with Crippen LogP contribution >= 0.6 is 11.3 Å². The van der Waals surface area contributed by atoms with Crippen molar-refractivity contribution in [3.05, 3.63) is 82.2 Å². The third-order valence-electron chi connectivity index (χ3n) is 3.85. The number of nitrogens with one attached hydrogen (secondary N) is 2. The molecule has 0 radical (unpaired) electrons. The van der Waals surface area contributed by atoms with Gasteiger partial charge in [0, 0.05) is 12.1 Å². The van der Waals surface area contributed by atoms with Crippen LogP contribution in [0.2, 0.25) is 0 Å². The van der Waals surface area contributed by atoms with Gasteiger partial charge in [-0.2, -0.15) is 0 Å². The fourth-order valence-electron chi connectivity index (χ4n) is 2.63. The molecule has 25 heavy (non-hydrogen) atoms. The minimum atomic E-state index is -0.304. The van der Waals surface area contributed by atoms with Crippen LogP contribution in [0.1, 0.15) is 16.2 Å². The molecule has 130 valence electrons. The van der Waals surface area contributed by atoms with Gasteiger partial charge in [0.15, 0.2) is 12.3 Å². The Kier molecular flexibility index (Phi) is 5.98. The number of hydrogen-bond donors (Lipinski definition) is 2. The van der Waals surface area contributed by atoms with Crippen molar-refractivity contribution in [3.63, 3.8) is 0 Å². The maximum absolute atomic E-state index is 13.6. The van der Waals surface area contributed by atoms with E-state index in [2.05, 4.69) is 11.4 Å². The standard InChI is InChI=1S/C19H19FN2O2S/c20-18-8-2-1-5-15(18)11-21-19(23)14-22(12-16-6-3-9-24-16)13-17-7-4-10-25-17/h1-10H,11-14H2,(H,21,23)/p+1. The van der Waals surface area contributed by atoms with E-state index in [0.29, 0.717) is 18.7 Å². The van der Waals surface area contributed by atoms with Crippen molar-refractivity contribution < 1.29 is 18.5 Å². The van der Waals surface area contributed by atoms with Crippen molar-refractivity contribution >= 4 is 17.2 Å². The lowest BCUT2D eigenvalue weighted by molar-refractivity contribution is -0.920. The summed E-state index contributed by atoms with van der Waals surface area (Å²) in [6.45, 7) is 1.86. The Labute approximate surface area is 149 Å². The molecule has 2 N–H and O–H groups in total. The summed E-state index contributed by atoms with van der Waals surface area (Å²) in [7, 11) is 0. The zero-order valence-electron chi connectivity index (χ0n) is 13.7. The van der Waals surface area contributed by atoms with Crippen LogP contribution in [0.25, 0.3) is 0 Å². The molecule has 2 aromatic heterocycles. The van der Waals surface area contributed by atoms with Gasteiger partial charge >= 0.3 is 0 Å². The van der Waals surface area contributed by atoms with E-state index in [1.165, 1.54) is 10.9 Å². The summed E-state index contributed by atoms with van der Waals surface area (Å²) in [6, 6.07) is 14.3. The van der Waals surface area contributed by atoms with Gasteiger partial charge in [0.25, 0.3) is 5.91 Å². The molecule has 3 rings (SSSR count). The van der Waals surface area contributed by atoms with Crippen molar-refractivity contribution in [1.29, 1.82) is 0 Å². The Morgan fingerprint density at radius 2 is 2.00 bits per heavy atom. The Bertz CT molecular complexity index is 751. The number of benzene rings is 1. The van der Waals surface area contributed by atoms with Crippen LogP contribution in [0, 0.1) is 5.82 Å². The largest absolute Gasteiger partial charge is 0.463 e. The second-order valence-corrected chi connectivity index (χ2v) is 6.84. The molecule has 0 aliphatic rings. The van der Waals surface area contributed by atoms with Gasteiger partial charge < -0.3 is 14.6 Å². The SMILES string of the molecule is O=C(C[NH+](Cc1ccco1)Cc1cccs1)NCc1ccccc1F. The summed E-state index contributed by atoms with van der Waals surface area (Å²) < 4.78 is 19.1. The molecule has 0 fully saturated rings. The zero-order valence-corrected chi connectivity index (χ0v) is 14.5. The average Bonchev–Trinajstić information content (AvgIpc) is 3.28. The molecule has 0 saturated heterocycles. The van der Waals surface area contributed by atoms with Crippen LogP contribution < -0.4 is 10.2 Å². The Morgan fingerprint density at radius 1 is 1.12 bits per heavy atom. The van der Waals surface area contributed by atoms with E-state index in [1.54, 1.807) is 35.8 Å². The normalized spacial score (nSPS) is 12.0. The maximum atomic E-state index is 13.6. The van der Waals surface area contributed by atoms with Gasteiger partial charge in [-0.25, -0.2) is 4.39 Å². The molecule has 0 aliphatic heterocycles. The molecule has 0 bridgehead atoms. The van der Waals surface area contributed by atoms with E-state index >= 15 is 0 Å². The molecule has 3 aromatic rings. The lowest BCUT2D eigenvalue weighted by Gasteiger charge is -2.17. The number of carbonyl (C=O) groups excluding carboxylic acids is 1. The van der Waals surface area contributed by atoms with Crippen molar-refractivity contribution in [2.24, 2.45) is 0 Å². The van der Waals surface area contributed by atoms with Gasteiger partial charge in [0.1, 0.15) is 18.9 Å². The fourth-order valence-corrected chi connectivity index (χ4v) is 3.41. The maximum Gasteiger partial charge on any atom is 0.275 e. The van der Waals surface area contributed by atoms with Gasteiger partial charge in [-0.3, -0.25) is 4.79 Å². The molecule has 1 atom stereocenters. The third kappa shape index (κ3) is 5.27. The highest BCUT2D eigenvalue weighted by molar-refractivity contribution is 7.09. The first-order valence-electron chi connectivity index (χ1n) is 8.09. The van der Waals surface area contributed by atoms with E-state index in [4.69, 9.17) is 4.42 Å². The summed E-state index contributed by atoms with van der Waals surface area (Å²) in [5.41, 5.74) is 0.488. The first kappa shape index (κ1) is 17.4. The highest BCUT2D eigenvalue weighted by atomic mass is 32.1. The summed E-state index contributed by atoms with van der Waals surface area (Å²) in [5, 5.41) is 4.83. The van der Waals surface area contributed by atoms with Crippen molar-refractivity contribution in [2.45, 2.75) is 19.6 Å². The molecule has 6 heteroatoms. The van der Waals surface area contributed by atoms with Crippen LogP contribution in [0.3, 0.4) is 0 Å². The van der Waals surface area contributed by atoms with Crippen molar-refractivity contribution in [2.75, 3.05) is 6.54 Å². The minimum Gasteiger partial charge on any atom is -0.463 e. The lowest BCUT2D eigenvalue weighted by Crippen LogP contribution is -3.10. The molecular weight excluding hydrogens is 339 g/mol. The zero-order chi connectivity index (χ0) is 17.5. The van der Waals surface area contributed by atoms with Crippen LogP contribution in [0.5, 0.6) is 0 Å². The number of amides is 1. The minimum absolute atomic E-state index is 0.110. The van der Waals surface area contributed by atoms with E-state index in [0.717, 1.165) is 17.2 Å². The average molecular weight is 359 g/mol. The topological polar surface area (TPSA) is 46.7 Å². The lowest BCUT2D eigenvalue weighted by atomic mass is 10.2. The van der Waals surface area contributed by atoms with Crippen LogP contribution in [-0.4, -0.2) is 12.5 Å². The van der Waals surface area contributed by atoms with Gasteiger partial charge in [0.2, 0.25) is 0 Å². The number of furan rings is 1. The Hall–Kier alpha value is -2.44. The molecule has 1 amide bonds. The van der Waals surface area contributed by atoms with Crippen LogP contribution in [0.4, 0.5) is 4.39 Å². The molecule has 4 nitrogen and oxygen atoms in total. The van der Waals surface area contributed by atoms with Crippen LogP contribution in [0.15, 0.2) is 64.6 Å². The number of carbonyl (C=O) groups is 1. The predicted molar refractivity (Wildman–Crippen MR) is 94.5 cm³/mol. The Morgan fingerprint density at radius 3 is 2.72 bits per heavy atom. The van der Waals surface area contributed by atoms with E-state index in [9.17, 15) is 9.18 Å². The number of hydrogen-bond acceptors (Lipinski definition) is 3. The molecular formula is C19H20FN2O2S+. The summed E-state index contributed by atoms with van der Waals surface area (Å²) in [5.74, 6) is 0.427. The molecule has 1 unspecified atom stereocenters. The molecule has 0 spiro atoms. The highest BCUT2D eigenvalue weighted by Gasteiger charge is 2.17.